The van der Waals surface area contributed by atoms with Gasteiger partial charge in [0.25, 0.3) is 5.95 Å². The van der Waals surface area contributed by atoms with Gasteiger partial charge in [-0.05, 0) is 5.16 Å². The van der Waals surface area contributed by atoms with Gasteiger partial charge in [0.05, 0.1) is 0 Å². The first-order valence-corrected chi connectivity index (χ1v) is 2.18. The molecule has 0 fully saturated rings. The predicted molar refractivity (Wildman–Crippen MR) is 27.5 cm³/mol. The summed E-state index contributed by atoms with van der Waals surface area (Å²) in [4.78, 5) is 5.38. The highest BCUT2D eigenvalue weighted by Gasteiger charge is 1.96. The monoisotopic (exact) mass is 112 g/mol. The van der Waals surface area contributed by atoms with Crippen LogP contribution in [0.15, 0.2) is 4.52 Å². The lowest BCUT2D eigenvalue weighted by Crippen LogP contribution is -2.09. The normalized spacial score (nSPS) is 9.25. The lowest BCUT2D eigenvalue weighted by atomic mass is 10.8. The minimum atomic E-state index is 0.546. The molecular formula is C4H6N3O. The molecule has 0 aliphatic heterocycles. The lowest BCUT2D eigenvalue weighted by molar-refractivity contribution is 0.410. The first-order chi connectivity index (χ1) is 3.80. The molecule has 0 saturated heterocycles. The second-order valence-corrected chi connectivity index (χ2v) is 1.58. The van der Waals surface area contributed by atoms with Gasteiger partial charge in [-0.15, -0.1) is 0 Å². The van der Waals surface area contributed by atoms with Crippen molar-refractivity contribution >= 4 is 5.95 Å². The molecule has 1 aromatic rings. The van der Waals surface area contributed by atoms with Crippen LogP contribution < -0.4 is 4.90 Å². The smallest absolute Gasteiger partial charge is 0.318 e. The van der Waals surface area contributed by atoms with Gasteiger partial charge in [-0.3, -0.25) is 0 Å². The van der Waals surface area contributed by atoms with Gasteiger partial charge in [0.2, 0.25) is 0 Å². The molecule has 1 rings (SSSR count). The third-order valence-electron chi connectivity index (χ3n) is 0.714. The largest absolute Gasteiger partial charge is 0.344 e. The fraction of sp³-hybridized carbons (Fsp3) is 0.500. The van der Waals surface area contributed by atoms with Crippen molar-refractivity contribution in [3.63, 3.8) is 0 Å². The summed E-state index contributed by atoms with van der Waals surface area (Å²) in [6.07, 6.45) is 2.23. The van der Waals surface area contributed by atoms with Crippen molar-refractivity contribution in [2.45, 2.75) is 0 Å². The zero-order valence-electron chi connectivity index (χ0n) is 4.75. The van der Waals surface area contributed by atoms with Crippen molar-refractivity contribution in [2.24, 2.45) is 0 Å². The van der Waals surface area contributed by atoms with Crippen LogP contribution in [-0.4, -0.2) is 24.2 Å². The highest BCUT2D eigenvalue weighted by molar-refractivity contribution is 5.21. The Balaban J connectivity index is 2.77. The fourth-order valence-corrected chi connectivity index (χ4v) is 0.325. The molecule has 1 aromatic heterocycles. The Morgan fingerprint density at radius 3 is 2.62 bits per heavy atom. The highest BCUT2D eigenvalue weighted by Crippen LogP contribution is 1.96. The maximum Gasteiger partial charge on any atom is 0.318 e. The molecule has 0 bridgehead atoms. The Morgan fingerprint density at radius 1 is 1.62 bits per heavy atom. The number of anilines is 1. The molecule has 4 nitrogen and oxygen atoms in total. The van der Waals surface area contributed by atoms with E-state index in [1.54, 1.807) is 4.90 Å². The molecule has 0 aromatic carbocycles. The Labute approximate surface area is 47.1 Å². The van der Waals surface area contributed by atoms with Gasteiger partial charge >= 0.3 is 6.39 Å². The van der Waals surface area contributed by atoms with E-state index in [-0.39, 0.29) is 0 Å². The minimum Gasteiger partial charge on any atom is -0.344 e. The van der Waals surface area contributed by atoms with Crippen molar-refractivity contribution in [1.29, 1.82) is 0 Å². The van der Waals surface area contributed by atoms with Crippen molar-refractivity contribution in [3.05, 3.63) is 6.39 Å². The molecule has 43 valence electrons. The van der Waals surface area contributed by atoms with Gasteiger partial charge in [0, 0.05) is 14.1 Å². The Bertz CT molecular complexity index is 146. The number of hydrogen-bond acceptors (Lipinski definition) is 4. The highest BCUT2D eigenvalue weighted by atomic mass is 16.5. The zero-order valence-corrected chi connectivity index (χ0v) is 4.75. The summed E-state index contributed by atoms with van der Waals surface area (Å²) in [7, 11) is 3.66. The summed E-state index contributed by atoms with van der Waals surface area (Å²) in [5, 5.41) is 3.50. The summed E-state index contributed by atoms with van der Waals surface area (Å²) in [5.41, 5.74) is 0. The van der Waals surface area contributed by atoms with Crippen LogP contribution in [-0.2, 0) is 0 Å². The first kappa shape index (κ1) is 5.08. The molecule has 1 heterocycles. The summed E-state index contributed by atoms with van der Waals surface area (Å²) in [5.74, 6) is 0.546. The molecule has 1 radical (unpaired) electrons. The average Bonchev–Trinajstić information content (AvgIpc) is 2.12. The van der Waals surface area contributed by atoms with Gasteiger partial charge in [-0.1, -0.05) is 0 Å². The van der Waals surface area contributed by atoms with Crippen LogP contribution in [0, 0.1) is 6.39 Å². The second kappa shape index (κ2) is 1.81. The standard InChI is InChI=1S/C4H6N3O/c1-7(2)4-5-3-8-6-4/h1-2H3. The second-order valence-electron chi connectivity index (χ2n) is 1.58. The van der Waals surface area contributed by atoms with E-state index in [2.05, 4.69) is 21.1 Å². The van der Waals surface area contributed by atoms with E-state index in [1.165, 1.54) is 0 Å². The number of hydrogen-bond donors (Lipinski definition) is 0. The van der Waals surface area contributed by atoms with Crippen LogP contribution in [0.1, 0.15) is 0 Å². The summed E-state index contributed by atoms with van der Waals surface area (Å²) >= 11 is 0. The van der Waals surface area contributed by atoms with E-state index >= 15 is 0 Å². The van der Waals surface area contributed by atoms with E-state index in [0.29, 0.717) is 5.95 Å². The molecule has 0 spiro atoms. The third-order valence-corrected chi connectivity index (χ3v) is 0.714. The third kappa shape index (κ3) is 0.776. The average molecular weight is 112 g/mol. The van der Waals surface area contributed by atoms with Gasteiger partial charge < -0.3 is 9.42 Å². The molecule has 0 aliphatic carbocycles. The lowest BCUT2D eigenvalue weighted by Gasteiger charge is -2.01. The molecule has 0 aliphatic rings. The van der Waals surface area contributed by atoms with Crippen molar-refractivity contribution in [2.75, 3.05) is 19.0 Å². The predicted octanol–water partition coefficient (Wildman–Crippen LogP) is -0.0642. The number of rotatable bonds is 1. The molecule has 0 unspecified atom stereocenters. The Hall–Kier alpha value is -1.06. The number of aromatic nitrogens is 2. The molecule has 0 N–H and O–H groups in total. The van der Waals surface area contributed by atoms with Gasteiger partial charge in [0.1, 0.15) is 0 Å². The van der Waals surface area contributed by atoms with Crippen molar-refractivity contribution < 1.29 is 4.52 Å². The summed E-state index contributed by atoms with van der Waals surface area (Å²) in [6, 6.07) is 0. The van der Waals surface area contributed by atoms with Crippen LogP contribution in [0.4, 0.5) is 5.95 Å². The topological polar surface area (TPSA) is 42.2 Å². The Morgan fingerprint density at radius 2 is 2.38 bits per heavy atom. The van der Waals surface area contributed by atoms with Crippen LogP contribution in [0.3, 0.4) is 0 Å². The van der Waals surface area contributed by atoms with E-state index in [9.17, 15) is 0 Å². The fourth-order valence-electron chi connectivity index (χ4n) is 0.325. The summed E-state index contributed by atoms with van der Waals surface area (Å²) < 4.78 is 4.35. The van der Waals surface area contributed by atoms with E-state index < -0.39 is 0 Å². The van der Waals surface area contributed by atoms with Crippen LogP contribution in [0.5, 0.6) is 0 Å². The van der Waals surface area contributed by atoms with Crippen LogP contribution in [0.25, 0.3) is 0 Å². The molecule has 0 atom stereocenters. The first-order valence-electron chi connectivity index (χ1n) is 2.18. The zero-order chi connectivity index (χ0) is 5.98. The van der Waals surface area contributed by atoms with Crippen LogP contribution in [0.2, 0.25) is 0 Å². The van der Waals surface area contributed by atoms with E-state index in [1.807, 2.05) is 14.1 Å². The van der Waals surface area contributed by atoms with Gasteiger partial charge in [-0.25, -0.2) is 0 Å². The molecule has 4 heteroatoms. The SMILES string of the molecule is CN(C)c1n[c]on1. The molecular weight excluding hydrogens is 106 g/mol. The maximum atomic E-state index is 4.35. The van der Waals surface area contributed by atoms with E-state index in [4.69, 9.17) is 0 Å². The molecule has 0 amide bonds. The quantitative estimate of drug-likeness (QED) is 0.510. The molecule has 0 saturated carbocycles. The van der Waals surface area contributed by atoms with Crippen LogP contribution >= 0.6 is 0 Å². The minimum absolute atomic E-state index is 0.546. The van der Waals surface area contributed by atoms with Crippen molar-refractivity contribution in [3.8, 4) is 0 Å². The Kier molecular flexibility index (Phi) is 1.15. The molecule has 8 heavy (non-hydrogen) atoms. The summed E-state index contributed by atoms with van der Waals surface area (Å²) in [6.45, 7) is 0. The van der Waals surface area contributed by atoms with E-state index in [0.717, 1.165) is 0 Å². The van der Waals surface area contributed by atoms with Gasteiger partial charge in [0.15, 0.2) is 0 Å². The van der Waals surface area contributed by atoms with Gasteiger partial charge in [-0.2, -0.15) is 4.98 Å². The maximum absolute atomic E-state index is 4.35. The number of nitrogens with zero attached hydrogens (tertiary/aromatic N) is 3. The van der Waals surface area contributed by atoms with Crippen molar-refractivity contribution in [1.82, 2.24) is 10.1 Å².